The molecule has 0 radical (unpaired) electrons. The summed E-state index contributed by atoms with van der Waals surface area (Å²) in [5.74, 6) is 0.136. The van der Waals surface area contributed by atoms with E-state index < -0.39 is 0 Å². The summed E-state index contributed by atoms with van der Waals surface area (Å²) in [5.41, 5.74) is 5.84. The van der Waals surface area contributed by atoms with Gasteiger partial charge in [-0.05, 0) is 55.2 Å². The molecule has 26 heavy (non-hydrogen) atoms. The monoisotopic (exact) mass is 440 g/mol. The maximum atomic E-state index is 12.0. The van der Waals surface area contributed by atoms with E-state index in [4.69, 9.17) is 12.2 Å². The van der Waals surface area contributed by atoms with E-state index in [1.54, 1.807) is 24.3 Å². The first-order chi connectivity index (χ1) is 12.5. The van der Waals surface area contributed by atoms with Gasteiger partial charge in [0.1, 0.15) is 0 Å². The summed E-state index contributed by atoms with van der Waals surface area (Å²) in [7, 11) is 0. The first-order valence-electron chi connectivity index (χ1n) is 8.85. The van der Waals surface area contributed by atoms with Crippen LogP contribution in [0, 0.1) is 5.92 Å². The van der Waals surface area contributed by atoms with Crippen molar-refractivity contribution in [3.05, 3.63) is 34.3 Å². The molecule has 0 aromatic heterocycles. The van der Waals surface area contributed by atoms with Crippen LogP contribution in [0.15, 0.2) is 28.7 Å². The highest BCUT2D eigenvalue weighted by molar-refractivity contribution is 9.10. The summed E-state index contributed by atoms with van der Waals surface area (Å²) in [6.45, 7) is 2.47. The van der Waals surface area contributed by atoms with Crippen LogP contribution in [0.1, 0.15) is 49.4 Å². The fourth-order valence-electron chi connectivity index (χ4n) is 2.92. The smallest absolute Gasteiger partial charge is 0.251 e. The predicted octanol–water partition coefficient (Wildman–Crippen LogP) is 2.64. The number of hydrogen-bond acceptors (Lipinski definition) is 3. The van der Waals surface area contributed by atoms with Gasteiger partial charge in [0.2, 0.25) is 5.91 Å². The number of benzene rings is 1. The molecule has 1 aromatic carbocycles. The molecule has 1 aliphatic rings. The molecule has 2 unspecified atom stereocenters. The van der Waals surface area contributed by atoms with Crippen LogP contribution in [0.5, 0.6) is 0 Å². The Kier molecular flexibility index (Phi) is 8.31. The van der Waals surface area contributed by atoms with Crippen molar-refractivity contribution in [1.82, 2.24) is 21.5 Å². The molecule has 0 aliphatic heterocycles. The van der Waals surface area contributed by atoms with Gasteiger partial charge >= 0.3 is 0 Å². The van der Waals surface area contributed by atoms with Crippen molar-refractivity contribution >= 4 is 45.1 Å². The van der Waals surface area contributed by atoms with Crippen molar-refractivity contribution in [3.8, 4) is 0 Å². The van der Waals surface area contributed by atoms with Crippen LogP contribution >= 0.6 is 28.1 Å². The van der Waals surface area contributed by atoms with E-state index in [0.717, 1.165) is 10.9 Å². The molecule has 4 N–H and O–H groups in total. The highest BCUT2D eigenvalue weighted by Crippen LogP contribution is 2.23. The second-order valence-corrected chi connectivity index (χ2v) is 7.85. The number of halogens is 1. The molecule has 0 saturated heterocycles. The Morgan fingerprint density at radius 3 is 2.54 bits per heavy atom. The topological polar surface area (TPSA) is 82.3 Å². The Hall–Kier alpha value is -1.67. The first kappa shape index (κ1) is 20.6. The van der Waals surface area contributed by atoms with Crippen LogP contribution in [0.25, 0.3) is 0 Å². The Bertz CT molecular complexity index is 639. The van der Waals surface area contributed by atoms with Crippen molar-refractivity contribution in [2.24, 2.45) is 5.92 Å². The molecule has 1 saturated carbocycles. The minimum Gasteiger partial charge on any atom is -0.358 e. The van der Waals surface area contributed by atoms with Crippen molar-refractivity contribution in [2.75, 3.05) is 6.54 Å². The zero-order chi connectivity index (χ0) is 18.9. The second kappa shape index (κ2) is 10.5. The minimum absolute atomic E-state index is 0.164. The zero-order valence-electron chi connectivity index (χ0n) is 14.8. The van der Waals surface area contributed by atoms with Crippen molar-refractivity contribution < 1.29 is 9.59 Å². The van der Waals surface area contributed by atoms with E-state index >= 15 is 0 Å². The standard InChI is InChI=1S/C18H25BrN4O2S/c1-12-4-2-3-5-15(12)21-18(26)23-22-16(24)10-11-20-17(25)13-6-8-14(19)9-7-13/h6-9,12,15H,2-5,10-11H2,1H3,(H,20,25)(H,22,24)(H2,21,23,26). The van der Waals surface area contributed by atoms with Crippen LogP contribution in [-0.4, -0.2) is 29.5 Å². The third kappa shape index (κ3) is 6.92. The number of hydrazine groups is 1. The van der Waals surface area contributed by atoms with E-state index in [2.05, 4.69) is 44.3 Å². The molecule has 1 aromatic rings. The lowest BCUT2D eigenvalue weighted by Crippen LogP contribution is -2.51. The minimum atomic E-state index is -0.234. The molecule has 0 bridgehead atoms. The van der Waals surface area contributed by atoms with Gasteiger partial charge in [-0.15, -0.1) is 0 Å². The summed E-state index contributed by atoms with van der Waals surface area (Å²) in [6.07, 6.45) is 4.93. The number of carbonyl (C=O) groups excluding carboxylic acids is 2. The average molecular weight is 441 g/mol. The molecule has 0 heterocycles. The largest absolute Gasteiger partial charge is 0.358 e. The van der Waals surface area contributed by atoms with Crippen LogP contribution in [0.3, 0.4) is 0 Å². The Morgan fingerprint density at radius 2 is 1.85 bits per heavy atom. The maximum Gasteiger partial charge on any atom is 0.251 e. The molecule has 6 nitrogen and oxygen atoms in total. The summed E-state index contributed by atoms with van der Waals surface area (Å²) >= 11 is 8.55. The number of amides is 2. The molecular weight excluding hydrogens is 416 g/mol. The Labute approximate surface area is 168 Å². The highest BCUT2D eigenvalue weighted by Gasteiger charge is 2.21. The van der Waals surface area contributed by atoms with Crippen LogP contribution < -0.4 is 21.5 Å². The van der Waals surface area contributed by atoms with Gasteiger partial charge in [0.15, 0.2) is 5.11 Å². The number of carbonyl (C=O) groups is 2. The van der Waals surface area contributed by atoms with Gasteiger partial charge in [0, 0.05) is 29.0 Å². The molecular formula is C18H25BrN4O2S. The van der Waals surface area contributed by atoms with E-state index in [1.165, 1.54) is 19.3 Å². The molecule has 2 amide bonds. The van der Waals surface area contributed by atoms with E-state index in [-0.39, 0.29) is 24.8 Å². The number of thiocarbonyl (C=S) groups is 1. The Balaban J connectivity index is 1.61. The Morgan fingerprint density at radius 1 is 1.15 bits per heavy atom. The molecule has 1 aliphatic carbocycles. The quantitative estimate of drug-likeness (QED) is 0.417. The molecule has 8 heteroatoms. The summed E-state index contributed by atoms with van der Waals surface area (Å²) < 4.78 is 0.909. The number of hydrogen-bond donors (Lipinski definition) is 4. The van der Waals surface area contributed by atoms with Gasteiger partial charge in [0.05, 0.1) is 0 Å². The lowest BCUT2D eigenvalue weighted by molar-refractivity contribution is -0.121. The average Bonchev–Trinajstić information content (AvgIpc) is 2.62. The maximum absolute atomic E-state index is 12.0. The first-order valence-corrected chi connectivity index (χ1v) is 10.0. The van der Waals surface area contributed by atoms with Crippen molar-refractivity contribution in [1.29, 1.82) is 0 Å². The third-order valence-electron chi connectivity index (χ3n) is 4.49. The van der Waals surface area contributed by atoms with Crippen LogP contribution in [0.2, 0.25) is 0 Å². The lowest BCUT2D eigenvalue weighted by atomic mass is 9.86. The molecule has 1 fully saturated rings. The summed E-state index contributed by atoms with van der Waals surface area (Å²) in [4.78, 5) is 23.8. The highest BCUT2D eigenvalue weighted by atomic mass is 79.9. The van der Waals surface area contributed by atoms with Gasteiger partial charge in [0.25, 0.3) is 5.91 Å². The number of rotatable bonds is 5. The van der Waals surface area contributed by atoms with E-state index in [1.807, 2.05) is 0 Å². The molecule has 2 atom stereocenters. The molecule has 142 valence electrons. The van der Waals surface area contributed by atoms with Crippen LogP contribution in [-0.2, 0) is 4.79 Å². The summed E-state index contributed by atoms with van der Waals surface area (Å²) in [6, 6.07) is 7.39. The van der Waals surface area contributed by atoms with Gasteiger partial charge in [-0.2, -0.15) is 0 Å². The van der Waals surface area contributed by atoms with Gasteiger partial charge in [-0.25, -0.2) is 0 Å². The molecule has 0 spiro atoms. The predicted molar refractivity (Wildman–Crippen MR) is 110 cm³/mol. The normalized spacial score (nSPS) is 19.3. The van der Waals surface area contributed by atoms with Gasteiger partial charge in [-0.1, -0.05) is 35.7 Å². The molecule has 2 rings (SSSR count). The fourth-order valence-corrected chi connectivity index (χ4v) is 3.38. The third-order valence-corrected chi connectivity index (χ3v) is 5.24. The van der Waals surface area contributed by atoms with E-state index in [0.29, 0.717) is 22.6 Å². The zero-order valence-corrected chi connectivity index (χ0v) is 17.2. The van der Waals surface area contributed by atoms with E-state index in [9.17, 15) is 9.59 Å². The van der Waals surface area contributed by atoms with Crippen molar-refractivity contribution in [2.45, 2.75) is 45.1 Å². The van der Waals surface area contributed by atoms with Crippen LogP contribution in [0.4, 0.5) is 0 Å². The second-order valence-electron chi connectivity index (χ2n) is 6.53. The van der Waals surface area contributed by atoms with Crippen molar-refractivity contribution in [3.63, 3.8) is 0 Å². The fraction of sp³-hybridized carbons (Fsp3) is 0.500. The SMILES string of the molecule is CC1CCCCC1NC(=S)NNC(=O)CCNC(=O)c1ccc(Br)cc1. The van der Waals surface area contributed by atoms with Gasteiger partial charge in [-0.3, -0.25) is 20.4 Å². The lowest BCUT2D eigenvalue weighted by Gasteiger charge is -2.30. The summed E-state index contributed by atoms with van der Waals surface area (Å²) in [5, 5.41) is 6.40. The number of nitrogens with one attached hydrogen (secondary N) is 4. The van der Waals surface area contributed by atoms with Gasteiger partial charge < -0.3 is 10.6 Å².